The summed E-state index contributed by atoms with van der Waals surface area (Å²) < 4.78 is 39.1. The molecule has 0 saturated carbocycles. The standard InChI is InChI=1S/C10H13FN2O4S/c1-10(2,6-8(14)15)13-18(16,17)9-7(11)4-3-5-12-9/h3-5,13H,6H2,1-2H3,(H,14,15). The third-order valence-corrected chi connectivity index (χ3v) is 3.61. The molecule has 1 aromatic heterocycles. The molecular weight excluding hydrogens is 263 g/mol. The SMILES string of the molecule is CC(C)(CC(=O)O)NS(=O)(=O)c1ncccc1F. The van der Waals surface area contributed by atoms with Crippen molar-refractivity contribution >= 4 is 16.0 Å². The number of nitrogens with zero attached hydrogens (tertiary/aromatic N) is 1. The second kappa shape index (κ2) is 4.99. The fraction of sp³-hybridized carbons (Fsp3) is 0.400. The van der Waals surface area contributed by atoms with Gasteiger partial charge >= 0.3 is 5.97 Å². The van der Waals surface area contributed by atoms with Crippen molar-refractivity contribution in [3.05, 3.63) is 24.1 Å². The number of nitrogens with one attached hydrogen (secondary N) is 1. The molecule has 0 aromatic carbocycles. The summed E-state index contributed by atoms with van der Waals surface area (Å²) in [5.74, 6) is -2.15. The molecular formula is C10H13FN2O4S. The zero-order valence-electron chi connectivity index (χ0n) is 9.84. The number of halogens is 1. The third-order valence-electron chi connectivity index (χ3n) is 1.98. The van der Waals surface area contributed by atoms with Gasteiger partial charge in [-0.1, -0.05) is 0 Å². The van der Waals surface area contributed by atoms with Crippen molar-refractivity contribution in [3.8, 4) is 0 Å². The van der Waals surface area contributed by atoms with Crippen molar-refractivity contribution in [1.82, 2.24) is 9.71 Å². The normalized spacial score (nSPS) is 12.4. The van der Waals surface area contributed by atoms with E-state index in [2.05, 4.69) is 9.71 Å². The van der Waals surface area contributed by atoms with E-state index in [1.165, 1.54) is 19.9 Å². The Morgan fingerprint density at radius 2 is 2.17 bits per heavy atom. The van der Waals surface area contributed by atoms with Crippen molar-refractivity contribution < 1.29 is 22.7 Å². The number of carboxylic acid groups (broad SMARTS) is 1. The molecule has 0 atom stereocenters. The Balaban J connectivity index is 3.03. The average Bonchev–Trinajstić information content (AvgIpc) is 2.13. The highest BCUT2D eigenvalue weighted by atomic mass is 32.2. The molecule has 6 nitrogen and oxygen atoms in total. The first-order valence-corrected chi connectivity index (χ1v) is 6.49. The van der Waals surface area contributed by atoms with E-state index in [1.807, 2.05) is 0 Å². The maximum atomic E-state index is 13.3. The highest BCUT2D eigenvalue weighted by Gasteiger charge is 2.30. The number of aromatic nitrogens is 1. The Morgan fingerprint density at radius 1 is 1.56 bits per heavy atom. The average molecular weight is 276 g/mol. The highest BCUT2D eigenvalue weighted by Crippen LogP contribution is 2.16. The molecule has 0 aliphatic heterocycles. The van der Waals surface area contributed by atoms with Crippen LogP contribution in [0, 0.1) is 5.82 Å². The molecule has 0 fully saturated rings. The Morgan fingerprint density at radius 3 is 2.67 bits per heavy atom. The number of sulfonamides is 1. The monoisotopic (exact) mass is 276 g/mol. The second-order valence-electron chi connectivity index (χ2n) is 4.35. The van der Waals surface area contributed by atoms with Crippen LogP contribution in [0.4, 0.5) is 4.39 Å². The van der Waals surface area contributed by atoms with Gasteiger partial charge < -0.3 is 5.11 Å². The Bertz CT molecular complexity index is 557. The summed E-state index contributed by atoms with van der Waals surface area (Å²) in [5.41, 5.74) is -1.24. The van der Waals surface area contributed by atoms with Crippen LogP contribution in [-0.4, -0.2) is 30.0 Å². The fourth-order valence-electron chi connectivity index (χ4n) is 1.40. The molecule has 0 saturated heterocycles. The molecule has 0 aliphatic carbocycles. The van der Waals surface area contributed by atoms with E-state index in [0.29, 0.717) is 0 Å². The molecule has 1 rings (SSSR count). The summed E-state index contributed by atoms with van der Waals surface area (Å²) in [7, 11) is -4.19. The first-order valence-electron chi connectivity index (χ1n) is 5.00. The minimum Gasteiger partial charge on any atom is -0.481 e. The van der Waals surface area contributed by atoms with Gasteiger partial charge in [-0.15, -0.1) is 0 Å². The number of pyridine rings is 1. The maximum absolute atomic E-state index is 13.3. The molecule has 0 amide bonds. The lowest BCUT2D eigenvalue weighted by Crippen LogP contribution is -2.45. The van der Waals surface area contributed by atoms with Crippen LogP contribution < -0.4 is 4.72 Å². The van der Waals surface area contributed by atoms with Crippen molar-refractivity contribution in [2.45, 2.75) is 30.8 Å². The Kier molecular flexibility index (Phi) is 4.02. The van der Waals surface area contributed by atoms with Gasteiger partial charge in [-0.05, 0) is 26.0 Å². The van der Waals surface area contributed by atoms with Gasteiger partial charge in [-0.25, -0.2) is 22.5 Å². The van der Waals surface area contributed by atoms with E-state index < -0.39 is 38.8 Å². The number of aliphatic carboxylic acids is 1. The summed E-state index contributed by atoms with van der Waals surface area (Å²) in [6, 6.07) is 2.22. The molecule has 0 aliphatic rings. The summed E-state index contributed by atoms with van der Waals surface area (Å²) in [4.78, 5) is 14.0. The lowest BCUT2D eigenvalue weighted by molar-refractivity contribution is -0.138. The minimum atomic E-state index is -4.19. The van der Waals surface area contributed by atoms with Gasteiger partial charge in [0.1, 0.15) is 0 Å². The van der Waals surface area contributed by atoms with Crippen LogP contribution >= 0.6 is 0 Å². The lowest BCUT2D eigenvalue weighted by Gasteiger charge is -2.23. The van der Waals surface area contributed by atoms with Crippen LogP contribution in [0.2, 0.25) is 0 Å². The van der Waals surface area contributed by atoms with Gasteiger partial charge in [0.2, 0.25) is 5.03 Å². The summed E-state index contributed by atoms with van der Waals surface area (Å²) in [6.07, 6.45) is 0.711. The van der Waals surface area contributed by atoms with E-state index in [4.69, 9.17) is 5.11 Å². The predicted molar refractivity (Wildman–Crippen MR) is 60.8 cm³/mol. The molecule has 0 unspecified atom stereocenters. The quantitative estimate of drug-likeness (QED) is 0.827. The number of carboxylic acids is 1. The van der Waals surface area contributed by atoms with Gasteiger partial charge in [-0.3, -0.25) is 4.79 Å². The zero-order valence-corrected chi connectivity index (χ0v) is 10.7. The largest absolute Gasteiger partial charge is 0.481 e. The van der Waals surface area contributed by atoms with Crippen molar-refractivity contribution in [1.29, 1.82) is 0 Å². The van der Waals surface area contributed by atoms with Crippen LogP contribution in [0.3, 0.4) is 0 Å². The van der Waals surface area contributed by atoms with Crippen molar-refractivity contribution in [3.63, 3.8) is 0 Å². The van der Waals surface area contributed by atoms with Gasteiger partial charge in [-0.2, -0.15) is 0 Å². The maximum Gasteiger partial charge on any atom is 0.305 e. The molecule has 2 N–H and O–H groups in total. The molecule has 1 heterocycles. The van der Waals surface area contributed by atoms with Gasteiger partial charge in [0, 0.05) is 11.7 Å². The van der Waals surface area contributed by atoms with Crippen LogP contribution in [0.25, 0.3) is 0 Å². The first-order chi connectivity index (χ1) is 8.14. The smallest absolute Gasteiger partial charge is 0.305 e. The predicted octanol–water partition coefficient (Wildman–Crippen LogP) is 0.752. The van der Waals surface area contributed by atoms with Gasteiger partial charge in [0.15, 0.2) is 5.82 Å². The minimum absolute atomic E-state index is 0.430. The Labute approximate surface area is 104 Å². The van der Waals surface area contributed by atoms with E-state index in [-0.39, 0.29) is 0 Å². The van der Waals surface area contributed by atoms with Crippen LogP contribution in [0.5, 0.6) is 0 Å². The second-order valence-corrected chi connectivity index (χ2v) is 5.95. The van der Waals surface area contributed by atoms with E-state index in [1.54, 1.807) is 0 Å². The van der Waals surface area contributed by atoms with Crippen LogP contribution in [0.1, 0.15) is 20.3 Å². The van der Waals surface area contributed by atoms with E-state index in [0.717, 1.165) is 12.3 Å². The Hall–Kier alpha value is -1.54. The fourth-order valence-corrected chi connectivity index (χ4v) is 2.82. The number of hydrogen-bond acceptors (Lipinski definition) is 4. The molecule has 0 radical (unpaired) electrons. The molecule has 100 valence electrons. The number of hydrogen-bond donors (Lipinski definition) is 2. The highest BCUT2D eigenvalue weighted by molar-refractivity contribution is 7.89. The summed E-state index contributed by atoms with van der Waals surface area (Å²) in [5, 5.41) is 7.90. The van der Waals surface area contributed by atoms with Crippen LogP contribution in [-0.2, 0) is 14.8 Å². The first kappa shape index (κ1) is 14.5. The van der Waals surface area contributed by atoms with Gasteiger partial charge in [0.25, 0.3) is 10.0 Å². The molecule has 18 heavy (non-hydrogen) atoms. The lowest BCUT2D eigenvalue weighted by atomic mass is 10.0. The number of carbonyl (C=O) groups is 1. The topological polar surface area (TPSA) is 96.4 Å². The number of rotatable bonds is 5. The molecule has 8 heteroatoms. The summed E-state index contributed by atoms with van der Waals surface area (Å²) >= 11 is 0. The molecule has 0 spiro atoms. The van der Waals surface area contributed by atoms with Crippen molar-refractivity contribution in [2.24, 2.45) is 0 Å². The van der Waals surface area contributed by atoms with Crippen molar-refractivity contribution in [2.75, 3.05) is 0 Å². The van der Waals surface area contributed by atoms with Gasteiger partial charge in [0.05, 0.1) is 6.42 Å². The van der Waals surface area contributed by atoms with Crippen LogP contribution in [0.15, 0.2) is 23.4 Å². The van der Waals surface area contributed by atoms with E-state index >= 15 is 0 Å². The third kappa shape index (κ3) is 3.74. The molecule has 1 aromatic rings. The van der Waals surface area contributed by atoms with E-state index in [9.17, 15) is 17.6 Å². The molecule has 0 bridgehead atoms. The zero-order chi connectivity index (χ0) is 14.0. The summed E-state index contributed by atoms with van der Waals surface area (Å²) in [6.45, 7) is 2.78.